The molecule has 2 rings (SSSR count). The van der Waals surface area contributed by atoms with Gasteiger partial charge in [-0.15, -0.1) is 11.3 Å². The molecule has 0 spiro atoms. The van der Waals surface area contributed by atoms with E-state index in [1.807, 2.05) is 6.07 Å². The molecule has 102 valence electrons. The Balaban J connectivity index is 2.26. The molecule has 0 fully saturated rings. The molecule has 0 N–H and O–H groups in total. The lowest BCUT2D eigenvalue weighted by molar-refractivity contribution is -0.402. The standard InChI is InChI=1S/C13H14BrNO3S/c1-13(2,3)10-6-5-9(19-10)12(14)8-4-7-11(18-8)15(16)17/h4-7,12H,1-3H3. The number of hydrogen-bond donors (Lipinski definition) is 0. The van der Waals surface area contributed by atoms with Crippen LogP contribution >= 0.6 is 27.3 Å². The summed E-state index contributed by atoms with van der Waals surface area (Å²) in [4.78, 5) is 12.3. The average molecular weight is 344 g/mol. The summed E-state index contributed by atoms with van der Waals surface area (Å²) in [5.74, 6) is 0.320. The third-order valence-electron chi connectivity index (χ3n) is 2.66. The van der Waals surface area contributed by atoms with E-state index < -0.39 is 4.92 Å². The van der Waals surface area contributed by atoms with Crippen molar-refractivity contribution in [3.63, 3.8) is 0 Å². The molecule has 0 bridgehead atoms. The van der Waals surface area contributed by atoms with Crippen LogP contribution in [0, 0.1) is 10.1 Å². The summed E-state index contributed by atoms with van der Waals surface area (Å²) in [6.45, 7) is 6.47. The molecule has 0 saturated carbocycles. The SMILES string of the molecule is CC(C)(C)c1ccc(C(Br)c2ccc([N+](=O)[O-])o2)s1. The van der Waals surface area contributed by atoms with Crippen LogP contribution in [0.4, 0.5) is 5.88 Å². The molecule has 0 aliphatic rings. The van der Waals surface area contributed by atoms with Crippen LogP contribution in [-0.2, 0) is 5.41 Å². The zero-order valence-corrected chi connectivity index (χ0v) is 13.2. The van der Waals surface area contributed by atoms with Gasteiger partial charge in [-0.2, -0.15) is 0 Å². The first-order valence-corrected chi connectivity index (χ1v) is 7.50. The Kier molecular flexibility index (Phi) is 3.82. The summed E-state index contributed by atoms with van der Waals surface area (Å²) in [5, 5.41) is 10.6. The first kappa shape index (κ1) is 14.3. The zero-order valence-electron chi connectivity index (χ0n) is 10.8. The maximum Gasteiger partial charge on any atom is 0.433 e. The third-order valence-corrected chi connectivity index (χ3v) is 5.48. The van der Waals surface area contributed by atoms with E-state index in [0.717, 1.165) is 4.88 Å². The quantitative estimate of drug-likeness (QED) is 0.446. The number of furan rings is 1. The topological polar surface area (TPSA) is 56.3 Å². The van der Waals surface area contributed by atoms with E-state index in [1.165, 1.54) is 10.9 Å². The van der Waals surface area contributed by atoms with Gasteiger partial charge in [0.05, 0.1) is 6.07 Å². The third kappa shape index (κ3) is 3.06. The molecular formula is C13H14BrNO3S. The van der Waals surface area contributed by atoms with Crippen LogP contribution in [0.2, 0.25) is 0 Å². The predicted molar refractivity (Wildman–Crippen MR) is 79.2 cm³/mol. The van der Waals surface area contributed by atoms with Crippen molar-refractivity contribution in [3.05, 3.63) is 49.9 Å². The fourth-order valence-corrected chi connectivity index (χ4v) is 3.34. The minimum Gasteiger partial charge on any atom is -0.404 e. The van der Waals surface area contributed by atoms with Gasteiger partial charge in [0.15, 0.2) is 0 Å². The van der Waals surface area contributed by atoms with Gasteiger partial charge in [-0.25, -0.2) is 0 Å². The second-order valence-corrected chi connectivity index (χ2v) is 7.28. The van der Waals surface area contributed by atoms with Gasteiger partial charge in [-0.1, -0.05) is 36.7 Å². The molecule has 6 heteroatoms. The first-order valence-electron chi connectivity index (χ1n) is 5.77. The summed E-state index contributed by atoms with van der Waals surface area (Å²) < 4.78 is 5.22. The van der Waals surface area contributed by atoms with E-state index in [-0.39, 0.29) is 16.1 Å². The van der Waals surface area contributed by atoms with Gasteiger partial charge in [0.1, 0.15) is 15.5 Å². The average Bonchev–Trinajstić information content (AvgIpc) is 2.97. The predicted octanol–water partition coefficient (Wildman–Crippen LogP) is 5.03. The maximum atomic E-state index is 10.6. The van der Waals surface area contributed by atoms with Crippen LogP contribution in [0.3, 0.4) is 0 Å². The zero-order chi connectivity index (χ0) is 14.2. The molecule has 0 aromatic carbocycles. The summed E-state index contributed by atoms with van der Waals surface area (Å²) in [6.07, 6.45) is 0. The Bertz CT molecular complexity index is 597. The smallest absolute Gasteiger partial charge is 0.404 e. The molecule has 4 nitrogen and oxygen atoms in total. The molecule has 19 heavy (non-hydrogen) atoms. The van der Waals surface area contributed by atoms with E-state index in [0.29, 0.717) is 5.76 Å². The number of hydrogen-bond acceptors (Lipinski definition) is 4. The normalized spacial score (nSPS) is 13.5. The number of thiophene rings is 1. The van der Waals surface area contributed by atoms with Crippen molar-refractivity contribution in [3.8, 4) is 0 Å². The Hall–Kier alpha value is -1.14. The Morgan fingerprint density at radius 1 is 1.32 bits per heavy atom. The molecule has 0 aliphatic heterocycles. The number of halogens is 1. The summed E-state index contributed by atoms with van der Waals surface area (Å²) in [5.41, 5.74) is 0.102. The van der Waals surface area contributed by atoms with E-state index in [2.05, 4.69) is 42.8 Å². The van der Waals surface area contributed by atoms with Gasteiger partial charge in [-0.3, -0.25) is 10.1 Å². The molecule has 2 heterocycles. The Morgan fingerprint density at radius 3 is 2.47 bits per heavy atom. The van der Waals surface area contributed by atoms with Crippen molar-refractivity contribution < 1.29 is 9.34 Å². The molecule has 1 unspecified atom stereocenters. The molecular weight excluding hydrogens is 330 g/mol. The first-order chi connectivity index (χ1) is 8.79. The Morgan fingerprint density at radius 2 is 2.00 bits per heavy atom. The van der Waals surface area contributed by atoms with Crippen molar-refractivity contribution in [2.75, 3.05) is 0 Å². The van der Waals surface area contributed by atoms with E-state index in [4.69, 9.17) is 4.42 Å². The van der Waals surface area contributed by atoms with Crippen LogP contribution in [0.15, 0.2) is 28.7 Å². The van der Waals surface area contributed by atoms with Crippen molar-refractivity contribution >= 4 is 33.2 Å². The van der Waals surface area contributed by atoms with Gasteiger partial charge in [0.25, 0.3) is 0 Å². The monoisotopic (exact) mass is 343 g/mol. The minimum absolute atomic E-state index is 0.102. The lowest BCUT2D eigenvalue weighted by Crippen LogP contribution is -2.07. The summed E-state index contributed by atoms with van der Waals surface area (Å²) in [7, 11) is 0. The van der Waals surface area contributed by atoms with Gasteiger partial charge in [-0.05, 0) is 23.6 Å². The highest BCUT2D eigenvalue weighted by Crippen LogP contribution is 2.40. The van der Waals surface area contributed by atoms with Crippen molar-refractivity contribution in [1.82, 2.24) is 0 Å². The van der Waals surface area contributed by atoms with Crippen LogP contribution in [0.25, 0.3) is 0 Å². The molecule has 2 aromatic rings. The summed E-state index contributed by atoms with van der Waals surface area (Å²) >= 11 is 5.21. The van der Waals surface area contributed by atoms with E-state index in [9.17, 15) is 10.1 Å². The maximum absolute atomic E-state index is 10.6. The highest BCUT2D eigenvalue weighted by atomic mass is 79.9. The number of nitrogens with zero attached hydrogens (tertiary/aromatic N) is 1. The minimum atomic E-state index is -0.530. The van der Waals surface area contributed by atoms with Crippen molar-refractivity contribution in [2.24, 2.45) is 0 Å². The number of nitro groups is 1. The lowest BCUT2D eigenvalue weighted by atomic mass is 9.95. The second-order valence-electron chi connectivity index (χ2n) is 5.25. The Labute approximate surface area is 123 Å². The highest BCUT2D eigenvalue weighted by molar-refractivity contribution is 9.09. The van der Waals surface area contributed by atoms with E-state index >= 15 is 0 Å². The largest absolute Gasteiger partial charge is 0.433 e. The summed E-state index contributed by atoms with van der Waals surface area (Å²) in [6, 6.07) is 7.13. The highest BCUT2D eigenvalue weighted by Gasteiger charge is 2.23. The fraction of sp³-hybridized carbons (Fsp3) is 0.385. The second kappa shape index (κ2) is 5.09. The van der Waals surface area contributed by atoms with Crippen molar-refractivity contribution in [1.29, 1.82) is 0 Å². The molecule has 0 aliphatic carbocycles. The van der Waals surface area contributed by atoms with E-state index in [1.54, 1.807) is 17.4 Å². The van der Waals surface area contributed by atoms with Gasteiger partial charge >= 0.3 is 5.88 Å². The van der Waals surface area contributed by atoms with Crippen molar-refractivity contribution in [2.45, 2.75) is 31.0 Å². The van der Waals surface area contributed by atoms with Gasteiger partial charge < -0.3 is 4.42 Å². The molecule has 1 atom stereocenters. The van der Waals surface area contributed by atoms with Crippen LogP contribution < -0.4 is 0 Å². The molecule has 0 radical (unpaired) electrons. The molecule has 0 amide bonds. The number of rotatable bonds is 3. The van der Waals surface area contributed by atoms with Crippen LogP contribution in [0.1, 0.15) is 41.1 Å². The lowest BCUT2D eigenvalue weighted by Gasteiger charge is -2.15. The van der Waals surface area contributed by atoms with Gasteiger partial charge in [0.2, 0.25) is 0 Å². The molecule has 0 saturated heterocycles. The number of alkyl halides is 1. The van der Waals surface area contributed by atoms with Crippen LogP contribution in [0.5, 0.6) is 0 Å². The molecule has 2 aromatic heterocycles. The fourth-order valence-electron chi connectivity index (χ4n) is 1.61. The van der Waals surface area contributed by atoms with Crippen LogP contribution in [-0.4, -0.2) is 4.92 Å². The van der Waals surface area contributed by atoms with Gasteiger partial charge in [0, 0.05) is 9.75 Å².